The van der Waals surface area contributed by atoms with E-state index in [9.17, 15) is 57.5 Å². The van der Waals surface area contributed by atoms with Crippen LogP contribution in [0.25, 0.3) is 61.3 Å². The average Bonchev–Trinajstić information content (AvgIpc) is 1.59. The van der Waals surface area contributed by atoms with Gasteiger partial charge in [0.25, 0.3) is 35.4 Å². The van der Waals surface area contributed by atoms with Crippen LogP contribution in [0.2, 0.25) is 0 Å². The zero-order valence-electron chi connectivity index (χ0n) is 83.1. The van der Waals surface area contributed by atoms with Gasteiger partial charge in [0.1, 0.15) is 47.9 Å². The van der Waals surface area contributed by atoms with Crippen molar-refractivity contribution in [1.82, 2.24) is 29.9 Å². The molecule has 12 N–H and O–H groups in total. The molecule has 0 bridgehead atoms. The van der Waals surface area contributed by atoms with Crippen LogP contribution in [-0.4, -0.2) is 65.3 Å². The standard InChI is InChI=1S/6C14H10N2O2S.12C2H6/c3*17-12-10(8-15-11-6-7-19-13(11)12)14(18)16-9-4-2-1-3-5-9;3*17-12-10-6-7-19-14(10)15-8-11(12)13(18)16-9-4-2-1-3-5-9;12*1-2/h6*1-8H,(H,15,17)(H,16,18);12*1-2H3. The molecule has 0 saturated carbocycles. The molecule has 12 heterocycles. The van der Waals surface area contributed by atoms with Gasteiger partial charge >= 0.3 is 0 Å². The molecule has 12 aromatic heterocycles. The number of hydrogen-bond acceptors (Lipinski definition) is 18. The highest BCUT2D eigenvalue weighted by Gasteiger charge is 2.20. The van der Waals surface area contributed by atoms with E-state index in [0.29, 0.717) is 64.4 Å². The molecule has 6 aromatic carbocycles. The molecule has 6 amide bonds. The van der Waals surface area contributed by atoms with E-state index in [4.69, 9.17) is 0 Å². The number of benzene rings is 6. The lowest BCUT2D eigenvalue weighted by atomic mass is 10.2. The SMILES string of the molecule is CC.CC.CC.CC.CC.CC.CC.CC.CC.CC.CC.CC.O=C(Nc1ccccc1)c1c[nH]c2ccsc2c1=O.O=C(Nc1ccccc1)c1c[nH]c2ccsc2c1=O.O=C(Nc1ccccc1)c1c[nH]c2ccsc2c1=O.O=C(Nc1ccccc1)c1c[nH]c2sccc2c1=O.O=C(Nc1ccccc1)c1c[nH]c2sccc2c1=O.O=C(Nc1ccccc1)c1c[nH]c2sccc2c1=O. The molecule has 732 valence electrons. The van der Waals surface area contributed by atoms with Crippen molar-refractivity contribution in [2.45, 2.75) is 166 Å². The molecular weight excluding hydrogens is 1850 g/mol. The van der Waals surface area contributed by atoms with E-state index < -0.39 is 35.4 Å². The van der Waals surface area contributed by atoms with Gasteiger partial charge in [-0.2, -0.15) is 0 Å². The summed E-state index contributed by atoms with van der Waals surface area (Å²) in [6.07, 6.45) is 8.74. The molecule has 0 fully saturated rings. The first-order valence-corrected chi connectivity index (χ1v) is 51.5. The first-order chi connectivity index (χ1) is 67.5. The van der Waals surface area contributed by atoms with Crippen molar-refractivity contribution in [2.24, 2.45) is 0 Å². The van der Waals surface area contributed by atoms with Gasteiger partial charge < -0.3 is 61.8 Å². The van der Waals surface area contributed by atoms with Crippen LogP contribution in [0.4, 0.5) is 34.1 Å². The smallest absolute Gasteiger partial charge is 0.261 e. The van der Waals surface area contributed by atoms with Crippen molar-refractivity contribution >= 4 is 199 Å². The predicted octanol–water partition coefficient (Wildman–Crippen LogP) is 29.4. The Bertz CT molecular complexity index is 5810. The van der Waals surface area contributed by atoms with Crippen molar-refractivity contribution < 1.29 is 28.8 Å². The molecule has 0 saturated heterocycles. The van der Waals surface area contributed by atoms with Crippen LogP contribution in [0.15, 0.2) is 317 Å². The summed E-state index contributed by atoms with van der Waals surface area (Å²) < 4.78 is 1.71. The molecular formula is C108H132N12O12S6. The third kappa shape index (κ3) is 36.7. The lowest BCUT2D eigenvalue weighted by molar-refractivity contribution is 0.101. The van der Waals surface area contributed by atoms with E-state index in [1.807, 2.05) is 326 Å². The van der Waals surface area contributed by atoms with Crippen molar-refractivity contribution in [3.8, 4) is 0 Å². The van der Waals surface area contributed by atoms with Crippen LogP contribution in [-0.2, 0) is 0 Å². The van der Waals surface area contributed by atoms with Gasteiger partial charge in [-0.1, -0.05) is 275 Å². The Balaban J connectivity index is 0.000000791. The molecule has 0 spiro atoms. The molecule has 18 aromatic rings. The number of fused-ring (bicyclic) bond motifs is 6. The minimum atomic E-state index is -0.402. The number of carbonyl (C=O) groups excluding carboxylic acids is 6. The number of para-hydroxylation sites is 6. The Morgan fingerprint density at radius 2 is 0.341 bits per heavy atom. The normalized spacial score (nSPS) is 9.22. The Morgan fingerprint density at radius 1 is 0.188 bits per heavy atom. The summed E-state index contributed by atoms with van der Waals surface area (Å²) in [6.45, 7) is 48.0. The molecule has 0 radical (unpaired) electrons. The second-order valence-corrected chi connectivity index (χ2v) is 29.6. The fourth-order valence-electron chi connectivity index (χ4n) is 11.0. The Hall–Kier alpha value is -14.4. The van der Waals surface area contributed by atoms with Gasteiger partial charge in [-0.05, 0) is 141 Å². The molecule has 0 aliphatic rings. The van der Waals surface area contributed by atoms with E-state index in [-0.39, 0.29) is 66.0 Å². The number of nitrogens with one attached hydrogen (secondary N) is 12. The number of hydrogen-bond donors (Lipinski definition) is 12. The number of aromatic amines is 6. The van der Waals surface area contributed by atoms with E-state index in [1.165, 1.54) is 105 Å². The number of thiophene rings is 6. The highest BCUT2D eigenvalue weighted by atomic mass is 32.1. The number of aromatic nitrogens is 6. The highest BCUT2D eigenvalue weighted by Crippen LogP contribution is 2.23. The number of carbonyl (C=O) groups is 6. The molecule has 18 rings (SSSR count). The van der Waals surface area contributed by atoms with Gasteiger partial charge in [0.15, 0.2) is 0 Å². The predicted molar refractivity (Wildman–Crippen MR) is 597 cm³/mol. The van der Waals surface area contributed by atoms with Crippen LogP contribution in [0.3, 0.4) is 0 Å². The Morgan fingerprint density at radius 3 is 0.514 bits per heavy atom. The number of rotatable bonds is 12. The molecule has 24 nitrogen and oxygen atoms in total. The second kappa shape index (κ2) is 71.2. The van der Waals surface area contributed by atoms with Crippen molar-refractivity contribution in [2.75, 3.05) is 31.9 Å². The van der Waals surface area contributed by atoms with Crippen LogP contribution in [0, 0.1) is 0 Å². The number of pyridine rings is 6. The summed E-state index contributed by atoms with van der Waals surface area (Å²) in [7, 11) is 0. The summed E-state index contributed by atoms with van der Waals surface area (Å²) in [5.41, 5.74) is 5.53. The summed E-state index contributed by atoms with van der Waals surface area (Å²) in [4.78, 5) is 165. The van der Waals surface area contributed by atoms with Gasteiger partial charge in [0.05, 0.1) is 46.8 Å². The summed E-state index contributed by atoms with van der Waals surface area (Å²) in [5.74, 6) is -2.41. The molecule has 138 heavy (non-hydrogen) atoms. The second-order valence-electron chi connectivity index (χ2n) is 24.1. The maximum atomic E-state index is 12.2. The van der Waals surface area contributed by atoms with Gasteiger partial charge in [-0.15, -0.1) is 68.0 Å². The summed E-state index contributed by atoms with van der Waals surface area (Å²) in [5, 5.41) is 28.8. The molecule has 0 aliphatic carbocycles. The zero-order chi connectivity index (χ0) is 103. The van der Waals surface area contributed by atoms with Gasteiger partial charge in [0, 0.05) is 71.3 Å². The topological polar surface area (TPSA) is 372 Å². The maximum Gasteiger partial charge on any atom is 0.261 e. The zero-order valence-corrected chi connectivity index (χ0v) is 88.0. The number of H-pyrrole nitrogens is 6. The average molecular weight is 1980 g/mol. The van der Waals surface area contributed by atoms with E-state index in [0.717, 1.165) is 31.0 Å². The Kier molecular flexibility index (Phi) is 62.7. The first kappa shape index (κ1) is 122. The minimum absolute atomic E-state index is 0.120. The lowest BCUT2D eigenvalue weighted by Gasteiger charge is -2.04. The summed E-state index contributed by atoms with van der Waals surface area (Å²) in [6, 6.07) is 64.9. The third-order valence-electron chi connectivity index (χ3n) is 16.6. The Labute approximate surface area is 832 Å². The lowest BCUT2D eigenvalue weighted by Crippen LogP contribution is -2.21. The fourth-order valence-corrected chi connectivity index (χ4v) is 15.7. The maximum absolute atomic E-state index is 12.2. The van der Waals surface area contributed by atoms with Gasteiger partial charge in [-0.25, -0.2) is 0 Å². The third-order valence-corrected chi connectivity index (χ3v) is 21.9. The first-order valence-electron chi connectivity index (χ1n) is 46.2. The quantitative estimate of drug-likeness (QED) is 0.0543. The van der Waals surface area contributed by atoms with Gasteiger partial charge in [-0.3, -0.25) is 57.5 Å². The van der Waals surface area contributed by atoms with Gasteiger partial charge in [0.2, 0.25) is 32.6 Å². The van der Waals surface area contributed by atoms with E-state index in [1.54, 1.807) is 91.0 Å². The molecule has 0 unspecified atom stereocenters. The van der Waals surface area contributed by atoms with Crippen LogP contribution >= 0.6 is 68.0 Å². The largest absolute Gasteiger partial charge is 0.359 e. The van der Waals surface area contributed by atoms with E-state index in [2.05, 4.69) is 61.8 Å². The van der Waals surface area contributed by atoms with Crippen molar-refractivity contribution in [3.05, 3.63) is 383 Å². The minimum Gasteiger partial charge on any atom is -0.359 e. The molecule has 30 heteroatoms. The summed E-state index contributed by atoms with van der Waals surface area (Å²) >= 11 is 8.30. The fraction of sp³-hybridized carbons (Fsp3) is 0.222. The number of anilines is 6. The highest BCUT2D eigenvalue weighted by molar-refractivity contribution is 7.18. The monoisotopic (exact) mass is 1980 g/mol. The van der Waals surface area contributed by atoms with Crippen LogP contribution in [0.5, 0.6) is 0 Å². The number of amides is 6. The van der Waals surface area contributed by atoms with Crippen molar-refractivity contribution in [3.63, 3.8) is 0 Å². The van der Waals surface area contributed by atoms with Crippen LogP contribution < -0.4 is 64.5 Å². The van der Waals surface area contributed by atoms with Crippen LogP contribution in [0.1, 0.15) is 228 Å². The molecule has 0 aliphatic heterocycles. The van der Waals surface area contributed by atoms with E-state index >= 15 is 0 Å². The van der Waals surface area contributed by atoms with Crippen molar-refractivity contribution in [1.29, 1.82) is 0 Å². The molecule has 0 atom stereocenters.